The van der Waals surface area contributed by atoms with E-state index in [1.165, 1.54) is 64.6 Å². The number of halogens is 4. The van der Waals surface area contributed by atoms with Crippen molar-refractivity contribution in [2.24, 2.45) is 0 Å². The summed E-state index contributed by atoms with van der Waals surface area (Å²) >= 11 is 14.6. The molecule has 0 atom stereocenters. The standard InChI is InChI=1S/2C16H8Br2/c2*17-13-7-3-9-1-2-10-4-8-14(18)12-6-5-11(13)15(9)16(10)12/h2*1-8H. The maximum absolute atomic E-state index is 3.65. The average Bonchev–Trinajstić information content (AvgIpc) is 2.91. The van der Waals surface area contributed by atoms with Crippen LogP contribution in [0.3, 0.4) is 0 Å². The lowest BCUT2D eigenvalue weighted by molar-refractivity contribution is 1.73. The van der Waals surface area contributed by atoms with Crippen LogP contribution in [0.2, 0.25) is 0 Å². The molecule has 8 aromatic carbocycles. The van der Waals surface area contributed by atoms with E-state index in [2.05, 4.69) is 161 Å². The van der Waals surface area contributed by atoms with E-state index in [0.717, 1.165) is 17.9 Å². The van der Waals surface area contributed by atoms with Gasteiger partial charge in [-0.05, 0) is 88.9 Å². The van der Waals surface area contributed by atoms with Crippen LogP contribution in [-0.2, 0) is 0 Å². The van der Waals surface area contributed by atoms with E-state index in [4.69, 9.17) is 0 Å². The zero-order valence-corrected chi connectivity index (χ0v) is 25.1. The maximum Gasteiger partial charge on any atom is 0.0254 e. The van der Waals surface area contributed by atoms with Gasteiger partial charge in [-0.3, -0.25) is 0 Å². The third kappa shape index (κ3) is 3.42. The quantitative estimate of drug-likeness (QED) is 0.137. The first-order valence-electron chi connectivity index (χ1n) is 11.5. The van der Waals surface area contributed by atoms with Crippen LogP contribution in [-0.4, -0.2) is 0 Å². The summed E-state index contributed by atoms with van der Waals surface area (Å²) in [5, 5.41) is 15.7. The van der Waals surface area contributed by atoms with Crippen LogP contribution in [0, 0.1) is 0 Å². The lowest BCUT2D eigenvalue weighted by atomic mass is 9.94. The minimum absolute atomic E-state index is 1.16. The van der Waals surface area contributed by atoms with Crippen molar-refractivity contribution in [1.82, 2.24) is 0 Å². The van der Waals surface area contributed by atoms with Gasteiger partial charge in [-0.15, -0.1) is 0 Å². The number of benzene rings is 8. The first-order chi connectivity index (χ1) is 17.5. The highest BCUT2D eigenvalue weighted by molar-refractivity contribution is 9.11. The fourth-order valence-corrected chi connectivity index (χ4v) is 7.31. The van der Waals surface area contributed by atoms with Crippen LogP contribution in [0.15, 0.2) is 115 Å². The van der Waals surface area contributed by atoms with E-state index in [1.807, 2.05) is 0 Å². The molecule has 0 aliphatic carbocycles. The summed E-state index contributed by atoms with van der Waals surface area (Å²) in [6, 6.07) is 34.7. The Morgan fingerprint density at radius 1 is 0.250 bits per heavy atom. The van der Waals surface area contributed by atoms with E-state index < -0.39 is 0 Å². The molecule has 0 amide bonds. The van der Waals surface area contributed by atoms with Gasteiger partial charge in [-0.2, -0.15) is 0 Å². The molecule has 8 aromatic rings. The second-order valence-corrected chi connectivity index (χ2v) is 12.5. The maximum atomic E-state index is 3.65. The number of rotatable bonds is 0. The van der Waals surface area contributed by atoms with Gasteiger partial charge in [0.25, 0.3) is 0 Å². The van der Waals surface area contributed by atoms with Crippen LogP contribution >= 0.6 is 63.7 Å². The molecule has 172 valence electrons. The van der Waals surface area contributed by atoms with Gasteiger partial charge in [0.2, 0.25) is 0 Å². The second kappa shape index (κ2) is 8.66. The van der Waals surface area contributed by atoms with E-state index in [9.17, 15) is 0 Å². The van der Waals surface area contributed by atoms with Gasteiger partial charge >= 0.3 is 0 Å². The summed E-state index contributed by atoms with van der Waals surface area (Å²) in [4.78, 5) is 0. The van der Waals surface area contributed by atoms with Gasteiger partial charge in [0, 0.05) is 17.9 Å². The highest BCUT2D eigenvalue weighted by atomic mass is 79.9. The third-order valence-corrected chi connectivity index (χ3v) is 9.88. The van der Waals surface area contributed by atoms with Gasteiger partial charge in [0.05, 0.1) is 0 Å². The first kappa shape index (κ1) is 22.9. The Kier molecular flexibility index (Phi) is 5.52. The van der Waals surface area contributed by atoms with E-state index in [0.29, 0.717) is 0 Å². The molecular formula is C32H16Br4. The predicted octanol–water partition coefficient (Wildman–Crippen LogP) is 12.2. The van der Waals surface area contributed by atoms with Crippen molar-refractivity contribution in [3.05, 3.63) is 115 Å². The van der Waals surface area contributed by atoms with Crippen molar-refractivity contribution < 1.29 is 0 Å². The van der Waals surface area contributed by atoms with Crippen LogP contribution in [0.4, 0.5) is 0 Å². The molecule has 8 rings (SSSR count). The number of hydrogen-bond acceptors (Lipinski definition) is 0. The van der Waals surface area contributed by atoms with Gasteiger partial charge in [0.1, 0.15) is 0 Å². The lowest BCUT2D eigenvalue weighted by Crippen LogP contribution is -1.85. The van der Waals surface area contributed by atoms with Crippen molar-refractivity contribution in [2.75, 3.05) is 0 Å². The molecule has 0 nitrogen and oxygen atoms in total. The minimum Gasteiger partial charge on any atom is -0.0537 e. The lowest BCUT2D eigenvalue weighted by Gasteiger charge is -2.12. The summed E-state index contributed by atoms with van der Waals surface area (Å²) in [5.41, 5.74) is 0. The highest BCUT2D eigenvalue weighted by Gasteiger charge is 2.12. The topological polar surface area (TPSA) is 0 Å². The van der Waals surface area contributed by atoms with E-state index >= 15 is 0 Å². The van der Waals surface area contributed by atoms with Gasteiger partial charge in [-0.1, -0.05) is 137 Å². The first-order valence-corrected chi connectivity index (χ1v) is 14.7. The Labute approximate surface area is 241 Å². The zero-order chi connectivity index (χ0) is 24.6. The van der Waals surface area contributed by atoms with Gasteiger partial charge in [-0.25, -0.2) is 0 Å². The molecule has 0 bridgehead atoms. The largest absolute Gasteiger partial charge is 0.0537 e. The van der Waals surface area contributed by atoms with Crippen molar-refractivity contribution in [3.8, 4) is 0 Å². The predicted molar refractivity (Wildman–Crippen MR) is 171 cm³/mol. The normalized spacial score (nSPS) is 11.9. The molecule has 0 aliphatic rings. The monoisotopic (exact) mass is 716 g/mol. The summed E-state index contributed by atoms with van der Waals surface area (Å²) in [7, 11) is 0. The van der Waals surface area contributed by atoms with Gasteiger partial charge < -0.3 is 0 Å². The van der Waals surface area contributed by atoms with Crippen LogP contribution < -0.4 is 0 Å². The fourth-order valence-electron chi connectivity index (χ4n) is 5.46. The molecule has 0 saturated carbocycles. The Morgan fingerprint density at radius 3 is 0.667 bits per heavy atom. The zero-order valence-electron chi connectivity index (χ0n) is 18.7. The van der Waals surface area contributed by atoms with Crippen LogP contribution in [0.5, 0.6) is 0 Å². The van der Waals surface area contributed by atoms with E-state index in [1.54, 1.807) is 0 Å². The Hall–Kier alpha value is -2.24. The second-order valence-electron chi connectivity index (χ2n) is 9.03. The highest BCUT2D eigenvalue weighted by Crippen LogP contribution is 2.41. The molecule has 36 heavy (non-hydrogen) atoms. The van der Waals surface area contributed by atoms with Crippen molar-refractivity contribution in [2.45, 2.75) is 0 Å². The van der Waals surface area contributed by atoms with Crippen molar-refractivity contribution in [3.63, 3.8) is 0 Å². The SMILES string of the molecule is Brc1ccc2ccc3ccc(Br)c4ccc1c2c34.Brc1ccc2ccc3ccc(Br)c4ccc1c2c34. The van der Waals surface area contributed by atoms with Gasteiger partial charge in [0.15, 0.2) is 0 Å². The minimum atomic E-state index is 1.16. The van der Waals surface area contributed by atoms with Crippen molar-refractivity contribution >= 4 is 128 Å². The molecule has 0 fully saturated rings. The number of hydrogen-bond donors (Lipinski definition) is 0. The molecule has 0 unspecified atom stereocenters. The molecule has 0 aromatic heterocycles. The van der Waals surface area contributed by atoms with Crippen molar-refractivity contribution in [1.29, 1.82) is 0 Å². The van der Waals surface area contributed by atoms with Crippen LogP contribution in [0.1, 0.15) is 0 Å². The van der Waals surface area contributed by atoms with Crippen LogP contribution in [0.25, 0.3) is 64.6 Å². The summed E-state index contributed by atoms with van der Waals surface area (Å²) in [5.74, 6) is 0. The Morgan fingerprint density at radius 2 is 0.444 bits per heavy atom. The Bertz CT molecular complexity index is 1790. The average molecular weight is 720 g/mol. The summed E-state index contributed by atoms with van der Waals surface area (Å²) < 4.78 is 4.63. The summed E-state index contributed by atoms with van der Waals surface area (Å²) in [6.07, 6.45) is 0. The third-order valence-electron chi connectivity index (χ3n) is 7.12. The van der Waals surface area contributed by atoms with E-state index in [-0.39, 0.29) is 0 Å². The molecule has 0 aliphatic heterocycles. The Balaban J connectivity index is 0.000000122. The smallest absolute Gasteiger partial charge is 0.0254 e. The molecule has 0 heterocycles. The fraction of sp³-hybridized carbons (Fsp3) is 0. The molecule has 4 heteroatoms. The summed E-state index contributed by atoms with van der Waals surface area (Å²) in [6.45, 7) is 0. The molecule has 0 spiro atoms. The molecule has 0 N–H and O–H groups in total. The molecular weight excluding hydrogens is 704 g/mol. The molecule has 0 saturated heterocycles. The molecule has 0 radical (unpaired) electrons.